The monoisotopic (exact) mass is 552 g/mol. The average molecular weight is 553 g/mol. The molecule has 0 spiro atoms. The summed E-state index contributed by atoms with van der Waals surface area (Å²) in [5, 5.41) is 10.0. The van der Waals surface area contributed by atoms with Crippen LogP contribution in [0.15, 0.2) is 24.3 Å². The van der Waals surface area contributed by atoms with Crippen molar-refractivity contribution in [2.75, 3.05) is 7.11 Å². The summed E-state index contributed by atoms with van der Waals surface area (Å²) in [7, 11) is 1.29. The lowest BCUT2D eigenvalue weighted by Crippen LogP contribution is -2.63. The predicted molar refractivity (Wildman–Crippen MR) is 128 cm³/mol. The van der Waals surface area contributed by atoms with E-state index >= 15 is 0 Å². The van der Waals surface area contributed by atoms with Crippen molar-refractivity contribution >= 4 is 29.5 Å². The van der Waals surface area contributed by atoms with E-state index in [0.29, 0.717) is 5.56 Å². The van der Waals surface area contributed by atoms with Crippen LogP contribution in [0.4, 0.5) is 0 Å². The smallest absolute Gasteiger partial charge is 0.303 e. The molecule has 0 aliphatic carbocycles. The summed E-state index contributed by atoms with van der Waals surface area (Å²) in [6.45, 7) is 4.67. The summed E-state index contributed by atoms with van der Waals surface area (Å²) in [6, 6.07) is 6.47. The predicted octanol–water partition coefficient (Wildman–Crippen LogP) is 0.928. The lowest BCUT2D eigenvalue weighted by atomic mass is 9.94. The van der Waals surface area contributed by atoms with E-state index in [-0.39, 0.29) is 24.4 Å². The van der Waals surface area contributed by atoms with Crippen molar-refractivity contribution in [3.05, 3.63) is 29.8 Å². The van der Waals surface area contributed by atoms with E-state index in [1.54, 1.807) is 24.3 Å². The number of methoxy groups -OCH3 is 1. The highest BCUT2D eigenvalue weighted by Gasteiger charge is 2.53. The number of carbonyl (C=O) groups excluding carboxylic acids is 5. The second-order valence-electron chi connectivity index (χ2n) is 9.17. The summed E-state index contributed by atoms with van der Waals surface area (Å²) in [4.78, 5) is 60.4. The van der Waals surface area contributed by atoms with Gasteiger partial charge < -0.3 is 38.3 Å². The standard InChI is InChI=1S/C26H32O13/c1-12(27)10-20-22(34-13(2)28)23(35-14(3)29)24(36-15(4)30)26(39-20)37-18-9-7-6-8-16(18)19-11-17(31)21(32)25(33-5)38-19/h6-9,19-26,32H,10-11H2,1-5H3/t19-,20+,21-,22-,23-,24+,25+,26+/m0/s1. The Bertz CT molecular complexity index is 1090. The van der Waals surface area contributed by atoms with E-state index in [9.17, 15) is 29.1 Å². The van der Waals surface area contributed by atoms with Crippen molar-refractivity contribution in [2.24, 2.45) is 0 Å². The van der Waals surface area contributed by atoms with Gasteiger partial charge in [-0.15, -0.1) is 0 Å². The van der Waals surface area contributed by atoms with Crippen LogP contribution >= 0.6 is 0 Å². The van der Waals surface area contributed by atoms with Crippen molar-refractivity contribution in [3.8, 4) is 5.75 Å². The maximum absolute atomic E-state index is 12.4. The van der Waals surface area contributed by atoms with E-state index in [2.05, 4.69) is 0 Å². The van der Waals surface area contributed by atoms with Gasteiger partial charge in [-0.1, -0.05) is 18.2 Å². The van der Waals surface area contributed by atoms with Crippen LogP contribution in [-0.2, 0) is 52.4 Å². The molecule has 2 aliphatic heterocycles. The largest absolute Gasteiger partial charge is 0.460 e. The molecule has 1 N–H and O–H groups in total. The number of para-hydroxylation sites is 1. The number of ketones is 2. The summed E-state index contributed by atoms with van der Waals surface area (Å²) in [5.41, 5.74) is 0.388. The lowest BCUT2D eigenvalue weighted by molar-refractivity contribution is -0.283. The average Bonchev–Trinajstić information content (AvgIpc) is 2.84. The van der Waals surface area contributed by atoms with Crippen molar-refractivity contribution in [3.63, 3.8) is 0 Å². The first-order chi connectivity index (χ1) is 18.4. The van der Waals surface area contributed by atoms with E-state index in [1.165, 1.54) is 14.0 Å². The molecule has 0 unspecified atom stereocenters. The number of Topliss-reactive ketones (excluding diaryl/α,β-unsaturated/α-hetero) is 2. The molecule has 2 saturated heterocycles. The van der Waals surface area contributed by atoms with Gasteiger partial charge in [0, 0.05) is 46.3 Å². The minimum atomic E-state index is -1.45. The Morgan fingerprint density at radius 1 is 0.872 bits per heavy atom. The molecule has 0 aromatic heterocycles. The fourth-order valence-electron chi connectivity index (χ4n) is 4.48. The highest BCUT2D eigenvalue weighted by atomic mass is 16.7. The summed E-state index contributed by atoms with van der Waals surface area (Å²) in [6.07, 6.45) is -10.6. The van der Waals surface area contributed by atoms with Crippen LogP contribution in [0.2, 0.25) is 0 Å². The number of aliphatic hydroxyl groups excluding tert-OH is 1. The Morgan fingerprint density at radius 2 is 1.46 bits per heavy atom. The highest BCUT2D eigenvalue weighted by molar-refractivity contribution is 5.84. The molecule has 0 radical (unpaired) electrons. The molecule has 13 heteroatoms. The summed E-state index contributed by atoms with van der Waals surface area (Å²) >= 11 is 0. The van der Waals surface area contributed by atoms with E-state index < -0.39 is 72.9 Å². The zero-order valence-electron chi connectivity index (χ0n) is 22.2. The fraction of sp³-hybridized carbons (Fsp3) is 0.577. The van der Waals surface area contributed by atoms with Crippen molar-refractivity contribution in [1.29, 1.82) is 0 Å². The minimum absolute atomic E-state index is 0.151. The summed E-state index contributed by atoms with van der Waals surface area (Å²) < 4.78 is 39.2. The number of hydrogen-bond donors (Lipinski definition) is 1. The number of ether oxygens (including phenoxy) is 7. The third kappa shape index (κ3) is 7.60. The first kappa shape index (κ1) is 30.2. The lowest BCUT2D eigenvalue weighted by Gasteiger charge is -2.44. The number of aliphatic hydroxyl groups is 1. The van der Waals surface area contributed by atoms with Gasteiger partial charge in [0.25, 0.3) is 0 Å². The Labute approximate surface area is 224 Å². The van der Waals surface area contributed by atoms with Gasteiger partial charge in [0.05, 0.1) is 6.10 Å². The van der Waals surface area contributed by atoms with E-state index in [4.69, 9.17) is 33.2 Å². The Kier molecular flexibility index (Phi) is 10.1. The van der Waals surface area contributed by atoms with Gasteiger partial charge >= 0.3 is 17.9 Å². The van der Waals surface area contributed by atoms with Crippen molar-refractivity contribution in [1.82, 2.24) is 0 Å². The third-order valence-electron chi connectivity index (χ3n) is 6.00. The quantitative estimate of drug-likeness (QED) is 0.339. The van der Waals surface area contributed by atoms with Crippen LogP contribution in [0.5, 0.6) is 5.75 Å². The van der Waals surface area contributed by atoms with Gasteiger partial charge in [-0.25, -0.2) is 0 Å². The van der Waals surface area contributed by atoms with Gasteiger partial charge in [0.1, 0.15) is 17.6 Å². The van der Waals surface area contributed by atoms with E-state index in [1.807, 2.05) is 0 Å². The molecule has 214 valence electrons. The molecule has 0 amide bonds. The van der Waals surface area contributed by atoms with Crippen molar-refractivity contribution < 1.29 is 62.2 Å². The Hall–Kier alpha value is -3.39. The molecule has 1 aromatic carbocycles. The Morgan fingerprint density at radius 3 is 2.05 bits per heavy atom. The second kappa shape index (κ2) is 13.1. The zero-order valence-corrected chi connectivity index (χ0v) is 22.2. The Balaban J connectivity index is 2.01. The molecule has 2 aliphatic rings. The topological polar surface area (TPSA) is 170 Å². The van der Waals surface area contributed by atoms with Gasteiger partial charge in [-0.3, -0.25) is 24.0 Å². The van der Waals surface area contributed by atoms with Gasteiger partial charge in [0.15, 0.2) is 30.4 Å². The fourth-order valence-corrected chi connectivity index (χ4v) is 4.48. The maximum Gasteiger partial charge on any atom is 0.303 e. The van der Waals surface area contributed by atoms with Crippen LogP contribution in [-0.4, -0.2) is 84.8 Å². The maximum atomic E-state index is 12.4. The number of carbonyl (C=O) groups is 5. The normalized spacial score (nSPS) is 30.7. The number of rotatable bonds is 9. The summed E-state index contributed by atoms with van der Waals surface area (Å²) in [5.74, 6) is -2.95. The molecule has 8 atom stereocenters. The first-order valence-corrected chi connectivity index (χ1v) is 12.2. The number of esters is 3. The van der Waals surface area contributed by atoms with Gasteiger partial charge in [-0.2, -0.15) is 0 Å². The number of benzene rings is 1. The van der Waals surface area contributed by atoms with Gasteiger partial charge in [-0.05, 0) is 13.0 Å². The molecular formula is C26H32O13. The zero-order chi connectivity index (χ0) is 28.9. The van der Waals surface area contributed by atoms with E-state index in [0.717, 1.165) is 20.8 Å². The third-order valence-corrected chi connectivity index (χ3v) is 6.00. The van der Waals surface area contributed by atoms with Crippen molar-refractivity contribution in [2.45, 2.75) is 89.7 Å². The first-order valence-electron chi connectivity index (χ1n) is 12.2. The molecular weight excluding hydrogens is 520 g/mol. The van der Waals surface area contributed by atoms with Crippen LogP contribution in [0.3, 0.4) is 0 Å². The van der Waals surface area contributed by atoms with Gasteiger partial charge in [0.2, 0.25) is 12.4 Å². The SMILES string of the molecule is CO[C@@H]1O[C@H](c2ccccc2O[C@@H]2O[C@H](CC(C)=O)[C@H](OC(C)=O)[C@H](OC(C)=O)[C@H]2OC(C)=O)CC(=O)[C@@H]1O. The molecule has 0 bridgehead atoms. The molecule has 1 aromatic rings. The second-order valence-corrected chi connectivity index (χ2v) is 9.17. The molecule has 3 rings (SSSR count). The molecule has 2 heterocycles. The molecule has 39 heavy (non-hydrogen) atoms. The minimum Gasteiger partial charge on any atom is -0.460 e. The molecule has 2 fully saturated rings. The van der Waals surface area contributed by atoms with Crippen LogP contribution < -0.4 is 4.74 Å². The van der Waals surface area contributed by atoms with Crippen LogP contribution in [0.25, 0.3) is 0 Å². The molecule has 13 nitrogen and oxygen atoms in total. The van der Waals surface area contributed by atoms with Crippen LogP contribution in [0, 0.1) is 0 Å². The number of hydrogen-bond acceptors (Lipinski definition) is 13. The van der Waals surface area contributed by atoms with Crippen LogP contribution in [0.1, 0.15) is 52.2 Å². The molecule has 0 saturated carbocycles. The highest BCUT2D eigenvalue weighted by Crippen LogP contribution is 2.38.